The fourth-order valence-electron chi connectivity index (χ4n) is 1.68. The first kappa shape index (κ1) is 13.4. The third kappa shape index (κ3) is 3.42. The van der Waals surface area contributed by atoms with Gasteiger partial charge in [0.05, 0.1) is 0 Å². The zero-order valence-corrected chi connectivity index (χ0v) is 10.8. The molecular formula is C13H15Cl2N. The van der Waals surface area contributed by atoms with Gasteiger partial charge in [-0.05, 0) is 32.0 Å². The van der Waals surface area contributed by atoms with Crippen molar-refractivity contribution in [2.75, 3.05) is 7.05 Å². The summed E-state index contributed by atoms with van der Waals surface area (Å²) in [6, 6.07) is 5.72. The third-order valence-corrected chi connectivity index (χ3v) is 3.17. The van der Waals surface area contributed by atoms with Crippen LogP contribution >= 0.6 is 23.2 Å². The van der Waals surface area contributed by atoms with Crippen molar-refractivity contribution in [3.8, 4) is 12.3 Å². The van der Waals surface area contributed by atoms with Crippen LogP contribution in [0.4, 0.5) is 0 Å². The Labute approximate surface area is 107 Å². The van der Waals surface area contributed by atoms with Crippen LogP contribution in [0.2, 0.25) is 10.0 Å². The Morgan fingerprint density at radius 2 is 2.00 bits per heavy atom. The SMILES string of the molecule is C#CCCCC(NC)c1c(Cl)cccc1Cl. The molecule has 0 radical (unpaired) electrons. The number of hydrogen-bond acceptors (Lipinski definition) is 1. The van der Waals surface area contributed by atoms with E-state index >= 15 is 0 Å². The van der Waals surface area contributed by atoms with Gasteiger partial charge in [-0.1, -0.05) is 29.3 Å². The Balaban J connectivity index is 2.83. The fourth-order valence-corrected chi connectivity index (χ4v) is 2.35. The van der Waals surface area contributed by atoms with Gasteiger partial charge in [-0.2, -0.15) is 0 Å². The highest BCUT2D eigenvalue weighted by Gasteiger charge is 2.15. The lowest BCUT2D eigenvalue weighted by Gasteiger charge is -2.18. The van der Waals surface area contributed by atoms with Gasteiger partial charge in [0.1, 0.15) is 0 Å². The molecule has 3 heteroatoms. The van der Waals surface area contributed by atoms with Crippen LogP contribution < -0.4 is 5.32 Å². The van der Waals surface area contributed by atoms with Crippen molar-refractivity contribution in [1.29, 1.82) is 0 Å². The molecule has 1 atom stereocenters. The highest BCUT2D eigenvalue weighted by atomic mass is 35.5. The molecule has 16 heavy (non-hydrogen) atoms. The minimum atomic E-state index is 0.162. The van der Waals surface area contributed by atoms with Crippen molar-refractivity contribution in [2.24, 2.45) is 0 Å². The quantitative estimate of drug-likeness (QED) is 0.618. The second kappa shape index (κ2) is 6.81. The van der Waals surface area contributed by atoms with E-state index in [9.17, 15) is 0 Å². The number of benzene rings is 1. The van der Waals surface area contributed by atoms with Gasteiger partial charge in [-0.15, -0.1) is 12.3 Å². The minimum absolute atomic E-state index is 0.162. The predicted octanol–water partition coefficient (Wildman–Crippen LogP) is 4.06. The van der Waals surface area contributed by atoms with Gasteiger partial charge in [0.2, 0.25) is 0 Å². The van der Waals surface area contributed by atoms with Crippen molar-refractivity contribution in [3.63, 3.8) is 0 Å². The third-order valence-electron chi connectivity index (χ3n) is 2.51. The van der Waals surface area contributed by atoms with E-state index in [1.807, 2.05) is 25.2 Å². The first-order valence-corrected chi connectivity index (χ1v) is 6.01. The summed E-state index contributed by atoms with van der Waals surface area (Å²) in [4.78, 5) is 0. The first-order valence-electron chi connectivity index (χ1n) is 5.25. The molecule has 1 aromatic carbocycles. The number of halogens is 2. The maximum Gasteiger partial charge on any atom is 0.0468 e. The van der Waals surface area contributed by atoms with Crippen LogP contribution in [0.5, 0.6) is 0 Å². The Morgan fingerprint density at radius 1 is 1.38 bits per heavy atom. The Hall–Kier alpha value is -0.680. The first-order chi connectivity index (χ1) is 7.70. The standard InChI is InChI=1S/C13H15Cl2N/c1-3-4-5-9-12(16-2)13-10(14)7-6-8-11(13)15/h1,6-8,12,16H,4-5,9H2,2H3. The maximum atomic E-state index is 6.15. The van der Waals surface area contributed by atoms with Crippen molar-refractivity contribution >= 4 is 23.2 Å². The zero-order chi connectivity index (χ0) is 12.0. The second-order valence-electron chi connectivity index (χ2n) is 3.57. The van der Waals surface area contributed by atoms with E-state index in [4.69, 9.17) is 29.6 Å². The molecule has 0 aromatic heterocycles. The monoisotopic (exact) mass is 255 g/mol. The van der Waals surface area contributed by atoms with E-state index in [2.05, 4.69) is 11.2 Å². The molecule has 0 heterocycles. The molecule has 1 aromatic rings. The summed E-state index contributed by atoms with van der Waals surface area (Å²) in [6.07, 6.45) is 7.91. The lowest BCUT2D eigenvalue weighted by atomic mass is 10.0. The summed E-state index contributed by atoms with van der Waals surface area (Å²) in [5, 5.41) is 4.62. The van der Waals surface area contributed by atoms with Crippen LogP contribution in [-0.2, 0) is 0 Å². The smallest absolute Gasteiger partial charge is 0.0468 e. The number of hydrogen-bond donors (Lipinski definition) is 1. The van der Waals surface area contributed by atoms with Crippen LogP contribution in [0, 0.1) is 12.3 Å². The van der Waals surface area contributed by atoms with Gasteiger partial charge < -0.3 is 5.32 Å². The molecule has 0 spiro atoms. The summed E-state index contributed by atoms with van der Waals surface area (Å²) in [7, 11) is 1.90. The van der Waals surface area contributed by atoms with E-state index < -0.39 is 0 Å². The van der Waals surface area contributed by atoms with Crippen molar-refractivity contribution in [1.82, 2.24) is 5.32 Å². The van der Waals surface area contributed by atoms with Gasteiger partial charge in [0.15, 0.2) is 0 Å². The van der Waals surface area contributed by atoms with E-state index in [1.54, 1.807) is 0 Å². The summed E-state index contributed by atoms with van der Waals surface area (Å²) in [6.45, 7) is 0. The molecule has 0 amide bonds. The normalized spacial score (nSPS) is 12.1. The number of terminal acetylenes is 1. The fraction of sp³-hybridized carbons (Fsp3) is 0.385. The molecule has 1 nitrogen and oxygen atoms in total. The van der Waals surface area contributed by atoms with E-state index in [0.29, 0.717) is 10.0 Å². The maximum absolute atomic E-state index is 6.15. The van der Waals surface area contributed by atoms with Crippen LogP contribution in [0.1, 0.15) is 30.9 Å². The van der Waals surface area contributed by atoms with Gasteiger partial charge in [0, 0.05) is 28.1 Å². The van der Waals surface area contributed by atoms with Gasteiger partial charge in [0.25, 0.3) is 0 Å². The molecule has 0 aliphatic heterocycles. The molecule has 0 bridgehead atoms. The summed E-state index contributed by atoms with van der Waals surface area (Å²) < 4.78 is 0. The van der Waals surface area contributed by atoms with Crippen molar-refractivity contribution in [2.45, 2.75) is 25.3 Å². The molecule has 0 saturated heterocycles. The topological polar surface area (TPSA) is 12.0 Å². The molecule has 0 aliphatic rings. The van der Waals surface area contributed by atoms with E-state index in [-0.39, 0.29) is 6.04 Å². The Morgan fingerprint density at radius 3 is 2.50 bits per heavy atom. The average Bonchev–Trinajstić information content (AvgIpc) is 2.26. The average molecular weight is 256 g/mol. The van der Waals surface area contributed by atoms with Gasteiger partial charge in [-0.3, -0.25) is 0 Å². The van der Waals surface area contributed by atoms with E-state index in [1.165, 1.54) is 0 Å². The summed E-state index contributed by atoms with van der Waals surface area (Å²) >= 11 is 12.3. The summed E-state index contributed by atoms with van der Waals surface area (Å²) in [5.74, 6) is 2.63. The Kier molecular flexibility index (Phi) is 5.69. The van der Waals surface area contributed by atoms with Crippen LogP contribution in [-0.4, -0.2) is 7.05 Å². The highest BCUT2D eigenvalue weighted by molar-refractivity contribution is 6.36. The van der Waals surface area contributed by atoms with Crippen LogP contribution in [0.25, 0.3) is 0 Å². The lowest BCUT2D eigenvalue weighted by molar-refractivity contribution is 0.532. The minimum Gasteiger partial charge on any atom is -0.313 e. The molecule has 1 N–H and O–H groups in total. The highest BCUT2D eigenvalue weighted by Crippen LogP contribution is 2.32. The molecule has 0 aliphatic carbocycles. The van der Waals surface area contributed by atoms with E-state index in [0.717, 1.165) is 24.8 Å². The predicted molar refractivity (Wildman–Crippen MR) is 70.9 cm³/mol. The number of unbranched alkanes of at least 4 members (excludes halogenated alkanes) is 1. The molecule has 86 valence electrons. The molecular weight excluding hydrogens is 241 g/mol. The molecule has 0 fully saturated rings. The second-order valence-corrected chi connectivity index (χ2v) is 4.39. The van der Waals surface area contributed by atoms with Crippen LogP contribution in [0.3, 0.4) is 0 Å². The zero-order valence-electron chi connectivity index (χ0n) is 9.26. The largest absolute Gasteiger partial charge is 0.313 e. The lowest BCUT2D eigenvalue weighted by Crippen LogP contribution is -2.17. The van der Waals surface area contributed by atoms with Gasteiger partial charge >= 0.3 is 0 Å². The molecule has 0 saturated carbocycles. The number of rotatable bonds is 5. The van der Waals surface area contributed by atoms with Crippen LogP contribution in [0.15, 0.2) is 18.2 Å². The Bertz CT molecular complexity index is 362. The van der Waals surface area contributed by atoms with Gasteiger partial charge in [-0.25, -0.2) is 0 Å². The van der Waals surface area contributed by atoms with Crippen molar-refractivity contribution in [3.05, 3.63) is 33.8 Å². The number of nitrogens with one attached hydrogen (secondary N) is 1. The molecule has 1 unspecified atom stereocenters. The van der Waals surface area contributed by atoms with Crippen molar-refractivity contribution < 1.29 is 0 Å². The summed E-state index contributed by atoms with van der Waals surface area (Å²) in [5.41, 5.74) is 0.963. The molecule has 1 rings (SSSR count).